The molecule has 134 valence electrons. The summed E-state index contributed by atoms with van der Waals surface area (Å²) in [5.41, 5.74) is 9.79. The van der Waals surface area contributed by atoms with Gasteiger partial charge in [-0.15, -0.1) is 0 Å². The summed E-state index contributed by atoms with van der Waals surface area (Å²) in [7, 11) is 0. The second-order valence-electron chi connectivity index (χ2n) is 8.47. The molecule has 0 amide bonds. The van der Waals surface area contributed by atoms with Crippen LogP contribution in [0.3, 0.4) is 0 Å². The molecular formula is C26H25N. The van der Waals surface area contributed by atoms with Crippen molar-refractivity contribution in [3.8, 4) is 0 Å². The molecule has 0 unspecified atom stereocenters. The first kappa shape index (κ1) is 16.4. The lowest BCUT2D eigenvalue weighted by Crippen LogP contribution is -2.21. The summed E-state index contributed by atoms with van der Waals surface area (Å²) < 4.78 is 0. The van der Waals surface area contributed by atoms with Crippen LogP contribution < -0.4 is 0 Å². The monoisotopic (exact) mass is 351 g/mol. The molecule has 1 nitrogen and oxygen atoms in total. The van der Waals surface area contributed by atoms with Crippen molar-refractivity contribution in [3.05, 3.63) is 88.1 Å². The third-order valence-corrected chi connectivity index (χ3v) is 6.49. The van der Waals surface area contributed by atoms with Crippen LogP contribution in [-0.4, -0.2) is 4.98 Å². The predicted molar refractivity (Wildman–Crippen MR) is 116 cm³/mol. The zero-order valence-corrected chi connectivity index (χ0v) is 16.5. The lowest BCUT2D eigenvalue weighted by atomic mass is 9.75. The van der Waals surface area contributed by atoms with Gasteiger partial charge in [-0.1, -0.05) is 61.9 Å². The Morgan fingerprint density at radius 2 is 1.70 bits per heavy atom. The van der Waals surface area contributed by atoms with Crippen molar-refractivity contribution in [1.82, 2.24) is 4.98 Å². The molecule has 1 aliphatic rings. The maximum Gasteiger partial charge on any atom is 0.0462 e. The highest BCUT2D eigenvalue weighted by Crippen LogP contribution is 2.45. The maximum atomic E-state index is 3.44. The van der Waals surface area contributed by atoms with Gasteiger partial charge < -0.3 is 4.98 Å². The van der Waals surface area contributed by atoms with E-state index < -0.39 is 0 Å². The fourth-order valence-electron chi connectivity index (χ4n) is 5.03. The Labute approximate surface area is 160 Å². The van der Waals surface area contributed by atoms with E-state index in [0.717, 1.165) is 6.42 Å². The number of hydrogen-bond acceptors (Lipinski definition) is 0. The molecule has 1 heteroatoms. The molecular weight excluding hydrogens is 326 g/mol. The molecule has 0 spiro atoms. The lowest BCUT2D eigenvalue weighted by Gasteiger charge is -2.28. The van der Waals surface area contributed by atoms with Gasteiger partial charge in [0.1, 0.15) is 0 Å². The van der Waals surface area contributed by atoms with E-state index in [2.05, 4.69) is 87.3 Å². The molecule has 0 fully saturated rings. The van der Waals surface area contributed by atoms with Crippen LogP contribution in [0, 0.1) is 13.8 Å². The highest BCUT2D eigenvalue weighted by molar-refractivity contribution is 6.04. The first-order chi connectivity index (χ1) is 13.0. The van der Waals surface area contributed by atoms with Gasteiger partial charge in [-0.25, -0.2) is 0 Å². The van der Waals surface area contributed by atoms with Crippen molar-refractivity contribution in [3.63, 3.8) is 0 Å². The Balaban J connectivity index is 1.74. The van der Waals surface area contributed by atoms with Crippen LogP contribution in [0.1, 0.15) is 41.7 Å². The number of aromatic nitrogens is 1. The molecule has 0 aliphatic heterocycles. The summed E-state index contributed by atoms with van der Waals surface area (Å²) in [4.78, 5) is 3.44. The second kappa shape index (κ2) is 5.60. The van der Waals surface area contributed by atoms with Gasteiger partial charge in [0, 0.05) is 22.5 Å². The van der Waals surface area contributed by atoms with E-state index in [4.69, 9.17) is 0 Å². The normalized spacial score (nSPS) is 14.0. The summed E-state index contributed by atoms with van der Waals surface area (Å²) in [6.45, 7) is 9.30. The van der Waals surface area contributed by atoms with Crippen molar-refractivity contribution in [2.24, 2.45) is 0 Å². The summed E-state index contributed by atoms with van der Waals surface area (Å²) >= 11 is 0. The van der Waals surface area contributed by atoms with Gasteiger partial charge in [0.25, 0.3) is 0 Å². The molecule has 4 aromatic rings. The van der Waals surface area contributed by atoms with Crippen molar-refractivity contribution in [2.45, 2.75) is 39.5 Å². The molecule has 0 atom stereocenters. The minimum absolute atomic E-state index is 0.000248. The van der Waals surface area contributed by atoms with Gasteiger partial charge >= 0.3 is 0 Å². The second-order valence-corrected chi connectivity index (χ2v) is 8.47. The number of aromatic amines is 1. The third kappa shape index (κ3) is 2.31. The molecule has 0 saturated heterocycles. The summed E-state index contributed by atoms with van der Waals surface area (Å²) in [6.07, 6.45) is 5.48. The summed E-state index contributed by atoms with van der Waals surface area (Å²) in [5.74, 6) is 0. The molecule has 1 aromatic heterocycles. The molecule has 0 bridgehead atoms. The van der Waals surface area contributed by atoms with Crippen molar-refractivity contribution < 1.29 is 0 Å². The van der Waals surface area contributed by atoms with Gasteiger partial charge in [-0.2, -0.15) is 0 Å². The van der Waals surface area contributed by atoms with E-state index in [0.29, 0.717) is 0 Å². The molecule has 27 heavy (non-hydrogen) atoms. The molecule has 0 saturated carbocycles. The molecule has 3 aromatic carbocycles. The minimum atomic E-state index is -0.000248. The van der Waals surface area contributed by atoms with E-state index >= 15 is 0 Å². The van der Waals surface area contributed by atoms with Gasteiger partial charge in [0.2, 0.25) is 0 Å². The number of fused-ring (bicyclic) bond motifs is 3. The number of hydrogen-bond donors (Lipinski definition) is 1. The Bertz CT molecular complexity index is 1230. The number of allylic oxidation sites excluding steroid dienone is 1. The van der Waals surface area contributed by atoms with E-state index in [1.54, 1.807) is 0 Å². The Morgan fingerprint density at radius 3 is 2.52 bits per heavy atom. The smallest absolute Gasteiger partial charge is 0.0462 e. The van der Waals surface area contributed by atoms with Crippen LogP contribution in [-0.2, 0) is 11.8 Å². The van der Waals surface area contributed by atoms with E-state index in [1.807, 2.05) is 6.20 Å². The van der Waals surface area contributed by atoms with Crippen LogP contribution in [0.2, 0.25) is 0 Å². The summed E-state index contributed by atoms with van der Waals surface area (Å²) in [5, 5.41) is 4.09. The highest BCUT2D eigenvalue weighted by atomic mass is 14.6. The topological polar surface area (TPSA) is 15.8 Å². The average molecular weight is 351 g/mol. The number of benzene rings is 2. The number of pyridine rings is 1. The predicted octanol–water partition coefficient (Wildman–Crippen LogP) is 6.86. The molecule has 1 N–H and O–H groups in total. The zero-order valence-electron chi connectivity index (χ0n) is 16.5. The molecule has 1 heterocycles. The lowest BCUT2D eigenvalue weighted by molar-refractivity contribution is 0.618. The zero-order chi connectivity index (χ0) is 18.8. The fraction of sp³-hybridized carbons (Fsp3) is 0.231. The highest BCUT2D eigenvalue weighted by Gasteiger charge is 2.32. The average Bonchev–Trinajstić information content (AvgIpc) is 3.23. The Hall–Kier alpha value is -2.80. The van der Waals surface area contributed by atoms with E-state index in [9.17, 15) is 0 Å². The Kier molecular flexibility index (Phi) is 3.40. The first-order valence-electron chi connectivity index (χ1n) is 9.76. The standard InChI is InChI=1S/C26H25N/c1-16-12-22-17(2)21-10-7-11-27-24(21)15-23(22)25(16)26(3,4)20-13-18-8-5-6-9-19(18)14-20/h5-13,15,27H,14H2,1-4H3. The quantitative estimate of drug-likeness (QED) is 0.406. The number of H-pyrrole nitrogens is 1. The van der Waals surface area contributed by atoms with E-state index in [1.165, 1.54) is 55.1 Å². The largest absolute Gasteiger partial charge is 0.361 e. The SMILES string of the molecule is Cc1cc2c(C)c3ccc[nH]c3cc2c1C(C)(C)C1=Cc2ccccc2C1. The van der Waals surface area contributed by atoms with Crippen molar-refractivity contribution >= 4 is 27.8 Å². The van der Waals surface area contributed by atoms with Gasteiger partial charge in [0.05, 0.1) is 0 Å². The number of aryl methyl sites for hydroxylation is 2. The van der Waals surface area contributed by atoms with Crippen LogP contribution in [0.5, 0.6) is 0 Å². The van der Waals surface area contributed by atoms with Gasteiger partial charge in [-0.05, 0) is 71.0 Å². The van der Waals surface area contributed by atoms with E-state index in [-0.39, 0.29) is 5.41 Å². The number of rotatable bonds is 2. The van der Waals surface area contributed by atoms with Crippen LogP contribution in [0.15, 0.2) is 60.3 Å². The molecule has 1 aliphatic carbocycles. The number of nitrogens with one attached hydrogen (secondary N) is 1. The fourth-order valence-corrected chi connectivity index (χ4v) is 5.03. The Morgan fingerprint density at radius 1 is 0.889 bits per heavy atom. The third-order valence-electron chi connectivity index (χ3n) is 6.49. The van der Waals surface area contributed by atoms with Crippen LogP contribution >= 0.6 is 0 Å². The minimum Gasteiger partial charge on any atom is -0.361 e. The maximum absolute atomic E-state index is 3.44. The van der Waals surface area contributed by atoms with Crippen molar-refractivity contribution in [2.75, 3.05) is 0 Å². The van der Waals surface area contributed by atoms with Gasteiger partial charge in [-0.3, -0.25) is 0 Å². The van der Waals surface area contributed by atoms with Crippen LogP contribution in [0.25, 0.3) is 27.8 Å². The first-order valence-corrected chi connectivity index (χ1v) is 9.76. The molecule has 0 radical (unpaired) electrons. The summed E-state index contributed by atoms with van der Waals surface area (Å²) in [6, 6.07) is 17.8. The van der Waals surface area contributed by atoms with Crippen molar-refractivity contribution in [1.29, 1.82) is 0 Å². The molecule has 5 rings (SSSR count). The van der Waals surface area contributed by atoms with Gasteiger partial charge in [0.15, 0.2) is 0 Å². The van der Waals surface area contributed by atoms with Crippen LogP contribution in [0.4, 0.5) is 0 Å².